The van der Waals surface area contributed by atoms with E-state index in [1.54, 1.807) is 0 Å². The minimum absolute atomic E-state index is 0. The van der Waals surface area contributed by atoms with Gasteiger partial charge in [-0.2, -0.15) is 4.21 Å². The van der Waals surface area contributed by atoms with Crippen molar-refractivity contribution < 1.29 is 32.8 Å². The van der Waals surface area contributed by atoms with E-state index in [1.165, 1.54) is 0 Å². The van der Waals surface area contributed by atoms with Gasteiger partial charge in [0.25, 0.3) is 9.05 Å². The normalized spacial score (nSPS) is 9.67. The molecule has 0 saturated carbocycles. The maximum Gasteiger partial charge on any atom is 0.263 e. The van der Waals surface area contributed by atoms with Crippen molar-refractivity contribution in [2.24, 2.45) is 0 Å². The fourth-order valence-electron chi connectivity index (χ4n) is 0. The Balaban J connectivity index is 0. The van der Waals surface area contributed by atoms with Gasteiger partial charge in [-0.25, -0.2) is 0 Å². The van der Waals surface area contributed by atoms with Gasteiger partial charge < -0.3 is 0 Å². The fraction of sp³-hybridized carbons (Fsp3) is 0. The Morgan fingerprint density at radius 3 is 1.50 bits per heavy atom. The molecule has 0 aromatic heterocycles. The van der Waals surface area contributed by atoms with Crippen LogP contribution < -0.4 is 0 Å². The largest absolute Gasteiger partial charge is 0.285 e. The molecular formula is H2O3RuS2. The van der Waals surface area contributed by atoms with Gasteiger partial charge in [-0.05, 0) is 0 Å². The molecule has 0 saturated heterocycles. The Bertz CT molecular complexity index is 92.0. The first-order chi connectivity index (χ1) is 2.00. The molecule has 0 aliphatic carbocycles. The van der Waals surface area contributed by atoms with Crippen LogP contribution in [0.3, 0.4) is 0 Å². The molecule has 0 radical (unpaired) electrons. The Hall–Kier alpha value is 0.913. The monoisotopic (exact) mass is 216 g/mol. The minimum Gasteiger partial charge on any atom is -0.285 e. The van der Waals surface area contributed by atoms with Crippen LogP contribution in [0.2, 0.25) is 0 Å². The SMILES string of the molecule is O=S(O)(O)=S.[Ru]. The summed E-state index contributed by atoms with van der Waals surface area (Å²) in [6, 6.07) is 0. The predicted octanol–water partition coefficient (Wildman–Crippen LogP) is -0.324. The van der Waals surface area contributed by atoms with E-state index in [9.17, 15) is 0 Å². The van der Waals surface area contributed by atoms with Crippen molar-refractivity contribution in [3.63, 3.8) is 0 Å². The molecule has 0 spiro atoms. The zero-order valence-electron chi connectivity index (χ0n) is 2.47. The van der Waals surface area contributed by atoms with Crippen molar-refractivity contribution in [2.45, 2.75) is 0 Å². The molecule has 6 heavy (non-hydrogen) atoms. The Morgan fingerprint density at radius 1 is 1.50 bits per heavy atom. The molecule has 0 amide bonds. The van der Waals surface area contributed by atoms with Crippen LogP contribution in [-0.4, -0.2) is 13.3 Å². The second-order valence-electron chi connectivity index (χ2n) is 0.448. The van der Waals surface area contributed by atoms with E-state index in [-0.39, 0.29) is 19.5 Å². The van der Waals surface area contributed by atoms with Crippen LogP contribution in [0.15, 0.2) is 0 Å². The summed E-state index contributed by atoms with van der Waals surface area (Å²) in [5, 5.41) is 0. The van der Waals surface area contributed by atoms with Gasteiger partial charge in [0.1, 0.15) is 0 Å². The molecule has 0 fully saturated rings. The van der Waals surface area contributed by atoms with E-state index < -0.39 is 9.05 Å². The van der Waals surface area contributed by atoms with Gasteiger partial charge in [0.2, 0.25) is 0 Å². The zero-order chi connectivity index (χ0) is 4.50. The summed E-state index contributed by atoms with van der Waals surface area (Å²) in [7, 11) is -3.83. The van der Waals surface area contributed by atoms with Gasteiger partial charge in [0.15, 0.2) is 0 Å². The van der Waals surface area contributed by atoms with E-state index in [1.807, 2.05) is 0 Å². The average Bonchev–Trinajstić information content (AvgIpc) is 0.722. The van der Waals surface area contributed by atoms with Crippen LogP contribution in [0.25, 0.3) is 0 Å². The van der Waals surface area contributed by atoms with Crippen molar-refractivity contribution in [3.05, 3.63) is 0 Å². The minimum atomic E-state index is -3.83. The molecule has 40 valence electrons. The maximum absolute atomic E-state index is 9.11. The second-order valence-corrected chi connectivity index (χ2v) is 2.65. The van der Waals surface area contributed by atoms with E-state index in [2.05, 4.69) is 11.2 Å². The molecule has 0 atom stereocenters. The Kier molecular flexibility index (Phi) is 4.98. The average molecular weight is 215 g/mol. The van der Waals surface area contributed by atoms with E-state index in [4.69, 9.17) is 13.3 Å². The zero-order valence-corrected chi connectivity index (χ0v) is 5.84. The van der Waals surface area contributed by atoms with Gasteiger partial charge in [0.05, 0.1) is 0 Å². The van der Waals surface area contributed by atoms with Crippen LogP contribution in [0.5, 0.6) is 0 Å². The molecule has 0 bridgehead atoms. The molecule has 6 heteroatoms. The van der Waals surface area contributed by atoms with Gasteiger partial charge >= 0.3 is 0 Å². The summed E-state index contributed by atoms with van der Waals surface area (Å²) in [4.78, 5) is 0. The maximum atomic E-state index is 9.11. The third-order valence-electron chi connectivity index (χ3n) is 0. The van der Waals surface area contributed by atoms with Gasteiger partial charge in [-0.15, -0.1) is 0 Å². The molecule has 2 N–H and O–H groups in total. The van der Waals surface area contributed by atoms with E-state index >= 15 is 0 Å². The van der Waals surface area contributed by atoms with Crippen LogP contribution in [-0.2, 0) is 39.7 Å². The summed E-state index contributed by atoms with van der Waals surface area (Å²) in [5.74, 6) is 0. The molecule has 0 rings (SSSR count). The van der Waals surface area contributed by atoms with Gasteiger partial charge in [0, 0.05) is 30.7 Å². The molecule has 0 aliphatic rings. The first-order valence-corrected chi connectivity index (χ1v) is 3.10. The summed E-state index contributed by atoms with van der Waals surface area (Å²) in [6.45, 7) is 0. The third-order valence-corrected chi connectivity index (χ3v) is 0. The molecule has 0 aliphatic heterocycles. The first kappa shape index (κ1) is 10.0. The molecule has 0 aromatic carbocycles. The quantitative estimate of drug-likeness (QED) is 0.544. The fourth-order valence-corrected chi connectivity index (χ4v) is 0. The summed E-state index contributed by atoms with van der Waals surface area (Å²) in [5.41, 5.74) is 0. The molecule has 0 heterocycles. The van der Waals surface area contributed by atoms with Crippen LogP contribution >= 0.6 is 0 Å². The van der Waals surface area contributed by atoms with Crippen LogP contribution in [0, 0.1) is 0 Å². The van der Waals surface area contributed by atoms with E-state index in [0.29, 0.717) is 0 Å². The summed E-state index contributed by atoms with van der Waals surface area (Å²) < 4.78 is 24.0. The molecule has 0 aromatic rings. The number of hydrogen-bond acceptors (Lipinski definition) is 2. The number of hydrogen-bond donors (Lipinski definition) is 2. The molecule has 3 nitrogen and oxygen atoms in total. The number of rotatable bonds is 0. The van der Waals surface area contributed by atoms with Crippen molar-refractivity contribution in [1.29, 1.82) is 0 Å². The van der Waals surface area contributed by atoms with Crippen LogP contribution in [0.1, 0.15) is 0 Å². The van der Waals surface area contributed by atoms with Crippen molar-refractivity contribution in [1.82, 2.24) is 0 Å². The van der Waals surface area contributed by atoms with Crippen LogP contribution in [0.4, 0.5) is 0 Å². The van der Waals surface area contributed by atoms with Gasteiger partial charge in [-0.3, -0.25) is 9.11 Å². The summed E-state index contributed by atoms with van der Waals surface area (Å²) in [6.07, 6.45) is 0. The Morgan fingerprint density at radius 2 is 1.50 bits per heavy atom. The second kappa shape index (κ2) is 2.99. The molecular weight excluding hydrogens is 213 g/mol. The van der Waals surface area contributed by atoms with Crippen molar-refractivity contribution in [3.8, 4) is 0 Å². The topological polar surface area (TPSA) is 57.5 Å². The smallest absolute Gasteiger partial charge is 0.263 e. The first-order valence-electron chi connectivity index (χ1n) is 0.698. The van der Waals surface area contributed by atoms with Gasteiger partial charge in [-0.1, -0.05) is 0 Å². The van der Waals surface area contributed by atoms with Crippen molar-refractivity contribution in [2.75, 3.05) is 0 Å². The Labute approximate surface area is 53.2 Å². The standard InChI is InChI=1S/H2O3S2.Ru/c1-5(2,3)4;/h(H2,1,2,3,4);. The predicted molar refractivity (Wildman–Crippen MR) is 20.8 cm³/mol. The van der Waals surface area contributed by atoms with E-state index in [0.717, 1.165) is 0 Å². The summed E-state index contributed by atoms with van der Waals surface area (Å²) >= 11 is 3.47. The van der Waals surface area contributed by atoms with Crippen molar-refractivity contribution >= 4 is 20.2 Å². The molecule has 0 unspecified atom stereocenters. The third kappa shape index (κ3) is 90.2.